The van der Waals surface area contributed by atoms with Gasteiger partial charge < -0.3 is 14.8 Å². The number of hydrogen-bond donors (Lipinski definition) is 1. The molecule has 0 aliphatic rings. The van der Waals surface area contributed by atoms with Crippen molar-refractivity contribution in [3.8, 4) is 5.75 Å². The molecule has 1 atom stereocenters. The maximum atomic E-state index is 13.6. The molecule has 2 rings (SSSR count). The van der Waals surface area contributed by atoms with Gasteiger partial charge in [-0.15, -0.1) is 0 Å². The molecular weight excluding hydrogens is 370 g/mol. The minimum atomic E-state index is -4.49. The lowest BCUT2D eigenvalue weighted by atomic mass is 10.2. The van der Waals surface area contributed by atoms with Crippen molar-refractivity contribution >= 4 is 17.6 Å². The number of ether oxygens (including phenoxy) is 2. The lowest BCUT2D eigenvalue weighted by molar-refractivity contribution is -0.137. The van der Waals surface area contributed by atoms with Crippen molar-refractivity contribution in [2.24, 2.45) is 0 Å². The Balaban J connectivity index is 1.98. The van der Waals surface area contributed by atoms with E-state index in [9.17, 15) is 27.2 Å². The summed E-state index contributed by atoms with van der Waals surface area (Å²) in [6.45, 7) is 1.27. The molecule has 0 spiro atoms. The van der Waals surface area contributed by atoms with E-state index in [1.54, 1.807) is 0 Å². The molecule has 9 heteroatoms. The van der Waals surface area contributed by atoms with Gasteiger partial charge >= 0.3 is 12.1 Å². The van der Waals surface area contributed by atoms with Gasteiger partial charge in [0.25, 0.3) is 5.91 Å². The number of esters is 1. The molecule has 0 saturated heterocycles. The molecule has 1 N–H and O–H groups in total. The van der Waals surface area contributed by atoms with Crippen LogP contribution in [0.5, 0.6) is 5.75 Å². The van der Waals surface area contributed by atoms with Crippen LogP contribution in [-0.2, 0) is 15.7 Å². The zero-order chi connectivity index (χ0) is 20.2. The first-order valence-electron chi connectivity index (χ1n) is 7.64. The van der Waals surface area contributed by atoms with Gasteiger partial charge in [-0.3, -0.25) is 4.79 Å². The Kier molecular flexibility index (Phi) is 6.04. The number of halogens is 4. The SMILES string of the molecule is COc1ccc(C(=O)O[C@@H](C)C(=O)Nc2ccc(C(F)(F)F)cc2)cc1F. The van der Waals surface area contributed by atoms with E-state index in [4.69, 9.17) is 9.47 Å². The van der Waals surface area contributed by atoms with Crippen molar-refractivity contribution in [2.45, 2.75) is 19.2 Å². The fraction of sp³-hybridized carbons (Fsp3) is 0.222. The van der Waals surface area contributed by atoms with E-state index < -0.39 is 35.5 Å². The minimum absolute atomic E-state index is 0.0559. The monoisotopic (exact) mass is 385 g/mol. The Morgan fingerprint density at radius 1 is 1.07 bits per heavy atom. The molecule has 5 nitrogen and oxygen atoms in total. The second kappa shape index (κ2) is 8.07. The van der Waals surface area contributed by atoms with Crippen molar-refractivity contribution in [3.05, 3.63) is 59.4 Å². The number of carbonyl (C=O) groups is 2. The van der Waals surface area contributed by atoms with Gasteiger partial charge in [0.1, 0.15) is 0 Å². The molecule has 144 valence electrons. The molecule has 0 aromatic heterocycles. The first-order chi connectivity index (χ1) is 12.6. The van der Waals surface area contributed by atoms with Crippen molar-refractivity contribution in [3.63, 3.8) is 0 Å². The highest BCUT2D eigenvalue weighted by molar-refractivity contribution is 5.97. The third-order valence-electron chi connectivity index (χ3n) is 3.52. The molecule has 0 aliphatic heterocycles. The number of nitrogens with one attached hydrogen (secondary N) is 1. The Morgan fingerprint density at radius 2 is 1.70 bits per heavy atom. The maximum Gasteiger partial charge on any atom is 0.416 e. The predicted molar refractivity (Wildman–Crippen MR) is 87.9 cm³/mol. The lowest BCUT2D eigenvalue weighted by Gasteiger charge is -2.14. The van der Waals surface area contributed by atoms with Crippen LogP contribution in [0, 0.1) is 5.82 Å². The average molecular weight is 385 g/mol. The number of methoxy groups -OCH3 is 1. The number of rotatable bonds is 5. The molecule has 0 unspecified atom stereocenters. The lowest BCUT2D eigenvalue weighted by Crippen LogP contribution is -2.30. The van der Waals surface area contributed by atoms with Gasteiger partial charge in [0.05, 0.1) is 18.2 Å². The summed E-state index contributed by atoms with van der Waals surface area (Å²) >= 11 is 0. The molecule has 0 fully saturated rings. The molecule has 0 bridgehead atoms. The molecule has 2 aromatic rings. The Bertz CT molecular complexity index is 834. The van der Waals surface area contributed by atoms with Gasteiger partial charge in [0, 0.05) is 5.69 Å². The number of amides is 1. The van der Waals surface area contributed by atoms with Crippen molar-refractivity contribution in [1.29, 1.82) is 0 Å². The van der Waals surface area contributed by atoms with Crippen LogP contribution in [0.4, 0.5) is 23.2 Å². The van der Waals surface area contributed by atoms with Gasteiger partial charge in [-0.1, -0.05) is 0 Å². The van der Waals surface area contributed by atoms with Crippen LogP contribution in [-0.4, -0.2) is 25.1 Å². The molecule has 0 radical (unpaired) electrons. The molecule has 27 heavy (non-hydrogen) atoms. The van der Waals surface area contributed by atoms with Gasteiger partial charge in [0.15, 0.2) is 17.7 Å². The zero-order valence-electron chi connectivity index (χ0n) is 14.3. The standard InChI is InChI=1S/C18H15F4NO4/c1-10(27-17(25)11-3-8-15(26-2)14(19)9-11)16(24)23-13-6-4-12(5-7-13)18(20,21)22/h3-10H,1-2H3,(H,23,24)/t10-/m0/s1. The quantitative estimate of drug-likeness (QED) is 0.623. The van der Waals surface area contributed by atoms with Crippen LogP contribution in [0.15, 0.2) is 42.5 Å². The van der Waals surface area contributed by atoms with E-state index in [-0.39, 0.29) is 17.0 Å². The van der Waals surface area contributed by atoms with Gasteiger partial charge in [0.2, 0.25) is 0 Å². The highest BCUT2D eigenvalue weighted by atomic mass is 19.4. The normalized spacial score (nSPS) is 12.2. The second-order valence-corrected chi connectivity index (χ2v) is 5.46. The third-order valence-corrected chi connectivity index (χ3v) is 3.52. The van der Waals surface area contributed by atoms with E-state index in [0.29, 0.717) is 0 Å². The predicted octanol–water partition coefficient (Wildman–Crippen LogP) is 4.04. The first-order valence-corrected chi connectivity index (χ1v) is 7.64. The van der Waals surface area contributed by atoms with E-state index >= 15 is 0 Å². The smallest absolute Gasteiger partial charge is 0.416 e. The minimum Gasteiger partial charge on any atom is -0.494 e. The van der Waals surface area contributed by atoms with Gasteiger partial charge in [-0.25, -0.2) is 9.18 Å². The highest BCUT2D eigenvalue weighted by Crippen LogP contribution is 2.29. The number of benzene rings is 2. The van der Waals surface area contributed by atoms with E-state index in [2.05, 4.69) is 5.32 Å². The van der Waals surface area contributed by atoms with Crippen LogP contribution >= 0.6 is 0 Å². The number of anilines is 1. The van der Waals surface area contributed by atoms with Crippen molar-refractivity contribution < 1.29 is 36.6 Å². The molecule has 1 amide bonds. The Labute approximate surface area is 151 Å². The third kappa shape index (κ3) is 5.19. The van der Waals surface area contributed by atoms with Crippen LogP contribution in [0.25, 0.3) is 0 Å². The summed E-state index contributed by atoms with van der Waals surface area (Å²) in [5.74, 6) is -2.52. The van der Waals surface area contributed by atoms with Crippen LogP contribution in [0.2, 0.25) is 0 Å². The molecular formula is C18H15F4NO4. The summed E-state index contributed by atoms with van der Waals surface area (Å²) in [7, 11) is 1.27. The molecule has 0 heterocycles. The summed E-state index contributed by atoms with van der Waals surface area (Å²) in [5.41, 5.74) is -0.879. The van der Waals surface area contributed by atoms with Crippen molar-refractivity contribution in [2.75, 3.05) is 12.4 Å². The van der Waals surface area contributed by atoms with Crippen molar-refractivity contribution in [1.82, 2.24) is 0 Å². The van der Waals surface area contributed by atoms with E-state index in [1.165, 1.54) is 26.2 Å². The fourth-order valence-electron chi connectivity index (χ4n) is 2.06. The van der Waals surface area contributed by atoms with Crippen LogP contribution in [0.3, 0.4) is 0 Å². The van der Waals surface area contributed by atoms with Crippen LogP contribution in [0.1, 0.15) is 22.8 Å². The first kappa shape index (κ1) is 20.2. The second-order valence-electron chi connectivity index (χ2n) is 5.46. The number of carbonyl (C=O) groups excluding carboxylic acids is 2. The fourth-order valence-corrected chi connectivity index (χ4v) is 2.06. The maximum absolute atomic E-state index is 13.6. The zero-order valence-corrected chi connectivity index (χ0v) is 14.3. The largest absolute Gasteiger partial charge is 0.494 e. The number of alkyl halides is 3. The summed E-state index contributed by atoms with van der Waals surface area (Å²) in [4.78, 5) is 24.0. The van der Waals surface area contributed by atoms with Gasteiger partial charge in [-0.05, 0) is 49.4 Å². The highest BCUT2D eigenvalue weighted by Gasteiger charge is 2.30. The topological polar surface area (TPSA) is 64.6 Å². The number of hydrogen-bond acceptors (Lipinski definition) is 4. The summed E-state index contributed by atoms with van der Waals surface area (Å²) in [6, 6.07) is 7.19. The van der Waals surface area contributed by atoms with E-state index in [0.717, 1.165) is 30.3 Å². The average Bonchev–Trinajstić information content (AvgIpc) is 2.61. The summed E-state index contributed by atoms with van der Waals surface area (Å²) in [6.07, 6.45) is -5.75. The van der Waals surface area contributed by atoms with Crippen LogP contribution < -0.4 is 10.1 Å². The van der Waals surface area contributed by atoms with E-state index in [1.807, 2.05) is 0 Å². The summed E-state index contributed by atoms with van der Waals surface area (Å²) < 4.78 is 60.8. The molecule has 2 aromatic carbocycles. The Morgan fingerprint density at radius 3 is 2.22 bits per heavy atom. The summed E-state index contributed by atoms with van der Waals surface area (Å²) in [5, 5.41) is 2.33. The van der Waals surface area contributed by atoms with Gasteiger partial charge in [-0.2, -0.15) is 13.2 Å². The molecule has 0 aliphatic carbocycles. The molecule has 0 saturated carbocycles. The Hall–Kier alpha value is -3.10.